The molecule has 0 radical (unpaired) electrons. The summed E-state index contributed by atoms with van der Waals surface area (Å²) in [5.74, 6) is 0. The van der Waals surface area contributed by atoms with Gasteiger partial charge in [-0.25, -0.2) is 0 Å². The van der Waals surface area contributed by atoms with E-state index in [0.717, 1.165) is 6.42 Å². The van der Waals surface area contributed by atoms with E-state index < -0.39 is 0 Å². The molecule has 0 spiro atoms. The summed E-state index contributed by atoms with van der Waals surface area (Å²) in [6.07, 6.45) is 6.05. The first-order valence-corrected chi connectivity index (χ1v) is 7.83. The molecule has 0 saturated carbocycles. The first-order chi connectivity index (χ1) is 8.63. The summed E-state index contributed by atoms with van der Waals surface area (Å²) in [5, 5.41) is 0. The average molecular weight is 255 g/mol. The Morgan fingerprint density at radius 1 is 1.22 bits per heavy atom. The van der Waals surface area contributed by atoms with Gasteiger partial charge in [-0.15, -0.1) is 0 Å². The summed E-state index contributed by atoms with van der Waals surface area (Å²) in [4.78, 5) is 5.19. The Labute approximate surface area is 114 Å². The Morgan fingerprint density at radius 3 is 2.50 bits per heavy atom. The van der Waals surface area contributed by atoms with Crippen LogP contribution in [0.25, 0.3) is 0 Å². The van der Waals surface area contributed by atoms with Gasteiger partial charge in [0.15, 0.2) is 0 Å². The van der Waals surface area contributed by atoms with E-state index in [9.17, 15) is 0 Å². The highest BCUT2D eigenvalue weighted by Crippen LogP contribution is 2.20. The number of hydrogen-bond acceptors (Lipinski definition) is 3. The van der Waals surface area contributed by atoms with Crippen LogP contribution in [0.5, 0.6) is 0 Å². The highest BCUT2D eigenvalue weighted by atomic mass is 15.3. The second-order valence-corrected chi connectivity index (χ2v) is 5.84. The molecular formula is C15H33N3. The van der Waals surface area contributed by atoms with Gasteiger partial charge in [0.25, 0.3) is 0 Å². The fourth-order valence-electron chi connectivity index (χ4n) is 3.37. The highest BCUT2D eigenvalue weighted by Gasteiger charge is 2.30. The summed E-state index contributed by atoms with van der Waals surface area (Å²) < 4.78 is 0. The van der Waals surface area contributed by atoms with E-state index >= 15 is 0 Å². The Hall–Kier alpha value is -0.120. The van der Waals surface area contributed by atoms with E-state index in [4.69, 9.17) is 5.73 Å². The summed E-state index contributed by atoms with van der Waals surface area (Å²) in [6.45, 7) is 10.5. The maximum atomic E-state index is 6.42. The standard InChI is InChI=1S/C15H33N3/c1-5-9-14(16)15(7-3)18-11-8-10-17(4)12-13(18)6-2/h13-15H,5-12,16H2,1-4H3. The molecule has 1 rings (SSSR count). The minimum Gasteiger partial charge on any atom is -0.326 e. The quantitative estimate of drug-likeness (QED) is 0.790. The second kappa shape index (κ2) is 8.13. The van der Waals surface area contributed by atoms with Crippen molar-refractivity contribution < 1.29 is 0 Å². The molecule has 1 fully saturated rings. The van der Waals surface area contributed by atoms with Gasteiger partial charge < -0.3 is 10.6 Å². The van der Waals surface area contributed by atoms with Gasteiger partial charge in [-0.05, 0) is 39.3 Å². The molecule has 0 aromatic carbocycles. The molecule has 3 atom stereocenters. The SMILES string of the molecule is CCCC(N)C(CC)N1CCCN(C)CC1CC. The van der Waals surface area contributed by atoms with Crippen LogP contribution in [0.4, 0.5) is 0 Å². The lowest BCUT2D eigenvalue weighted by atomic mass is 9.97. The van der Waals surface area contributed by atoms with Crippen LogP contribution in [-0.4, -0.2) is 54.6 Å². The highest BCUT2D eigenvalue weighted by molar-refractivity contribution is 4.88. The molecular weight excluding hydrogens is 222 g/mol. The molecule has 3 nitrogen and oxygen atoms in total. The fourth-order valence-corrected chi connectivity index (χ4v) is 3.37. The molecule has 0 aliphatic carbocycles. The van der Waals surface area contributed by atoms with Crippen molar-refractivity contribution in [3.05, 3.63) is 0 Å². The zero-order valence-electron chi connectivity index (χ0n) is 12.9. The van der Waals surface area contributed by atoms with Gasteiger partial charge in [0.1, 0.15) is 0 Å². The van der Waals surface area contributed by atoms with Crippen molar-refractivity contribution in [1.29, 1.82) is 0 Å². The second-order valence-electron chi connectivity index (χ2n) is 5.84. The van der Waals surface area contributed by atoms with Crippen molar-refractivity contribution in [3.63, 3.8) is 0 Å². The topological polar surface area (TPSA) is 32.5 Å². The molecule has 0 aromatic rings. The van der Waals surface area contributed by atoms with Gasteiger partial charge in [0, 0.05) is 31.2 Å². The van der Waals surface area contributed by atoms with Crippen molar-refractivity contribution in [2.24, 2.45) is 5.73 Å². The van der Waals surface area contributed by atoms with Crippen molar-refractivity contribution in [3.8, 4) is 0 Å². The zero-order valence-corrected chi connectivity index (χ0v) is 12.9. The maximum absolute atomic E-state index is 6.42. The zero-order chi connectivity index (χ0) is 13.5. The van der Waals surface area contributed by atoms with Gasteiger partial charge in [-0.2, -0.15) is 0 Å². The van der Waals surface area contributed by atoms with Crippen LogP contribution in [0, 0.1) is 0 Å². The van der Waals surface area contributed by atoms with E-state index in [-0.39, 0.29) is 0 Å². The smallest absolute Gasteiger partial charge is 0.0248 e. The summed E-state index contributed by atoms with van der Waals surface area (Å²) in [5.41, 5.74) is 6.42. The summed E-state index contributed by atoms with van der Waals surface area (Å²) in [6, 6.07) is 1.60. The van der Waals surface area contributed by atoms with Gasteiger partial charge in [0.05, 0.1) is 0 Å². The summed E-state index contributed by atoms with van der Waals surface area (Å²) >= 11 is 0. The number of hydrogen-bond donors (Lipinski definition) is 1. The molecule has 1 aliphatic rings. The number of rotatable bonds is 6. The fraction of sp³-hybridized carbons (Fsp3) is 1.00. The Kier molecular flexibility index (Phi) is 7.20. The lowest BCUT2D eigenvalue weighted by Gasteiger charge is -2.39. The molecule has 0 bridgehead atoms. The van der Waals surface area contributed by atoms with Gasteiger partial charge in [-0.1, -0.05) is 27.2 Å². The van der Waals surface area contributed by atoms with E-state index in [1.807, 2.05) is 0 Å². The van der Waals surface area contributed by atoms with Crippen LogP contribution in [-0.2, 0) is 0 Å². The number of nitrogens with zero attached hydrogens (tertiary/aromatic N) is 2. The van der Waals surface area contributed by atoms with Gasteiger partial charge in [-0.3, -0.25) is 4.90 Å². The first kappa shape index (κ1) is 15.9. The molecule has 2 N–H and O–H groups in total. The van der Waals surface area contributed by atoms with Crippen LogP contribution < -0.4 is 5.73 Å². The van der Waals surface area contributed by atoms with Crippen LogP contribution in [0.3, 0.4) is 0 Å². The van der Waals surface area contributed by atoms with Crippen molar-refractivity contribution in [2.75, 3.05) is 26.7 Å². The van der Waals surface area contributed by atoms with E-state index in [2.05, 4.69) is 37.6 Å². The van der Waals surface area contributed by atoms with E-state index in [0.29, 0.717) is 18.1 Å². The number of nitrogens with two attached hydrogens (primary N) is 1. The monoisotopic (exact) mass is 255 g/mol. The van der Waals surface area contributed by atoms with Gasteiger partial charge in [0.2, 0.25) is 0 Å². The van der Waals surface area contributed by atoms with Crippen molar-refractivity contribution >= 4 is 0 Å². The van der Waals surface area contributed by atoms with Crippen molar-refractivity contribution in [1.82, 2.24) is 9.80 Å². The third-order valence-corrected chi connectivity index (χ3v) is 4.38. The molecule has 3 unspecified atom stereocenters. The molecule has 3 heteroatoms. The predicted octanol–water partition coefficient (Wildman–Crippen LogP) is 2.31. The molecule has 1 heterocycles. The normalized spacial score (nSPS) is 26.8. The third-order valence-electron chi connectivity index (χ3n) is 4.38. The molecule has 0 aromatic heterocycles. The molecule has 0 amide bonds. The lowest BCUT2D eigenvalue weighted by Crippen LogP contribution is -2.53. The minimum absolute atomic E-state index is 0.345. The van der Waals surface area contributed by atoms with Crippen LogP contribution in [0.1, 0.15) is 52.9 Å². The first-order valence-electron chi connectivity index (χ1n) is 7.83. The van der Waals surface area contributed by atoms with Crippen molar-refractivity contribution in [2.45, 2.75) is 71.0 Å². The van der Waals surface area contributed by atoms with Crippen LogP contribution >= 0.6 is 0 Å². The average Bonchev–Trinajstić information content (AvgIpc) is 2.53. The lowest BCUT2D eigenvalue weighted by molar-refractivity contribution is 0.104. The van der Waals surface area contributed by atoms with Crippen LogP contribution in [0.2, 0.25) is 0 Å². The van der Waals surface area contributed by atoms with E-state index in [1.54, 1.807) is 0 Å². The maximum Gasteiger partial charge on any atom is 0.0248 e. The number of likely N-dealkylation sites (N-methyl/N-ethyl adjacent to an activating group) is 1. The minimum atomic E-state index is 0.345. The Morgan fingerprint density at radius 2 is 1.94 bits per heavy atom. The summed E-state index contributed by atoms with van der Waals surface area (Å²) in [7, 11) is 2.25. The van der Waals surface area contributed by atoms with Gasteiger partial charge >= 0.3 is 0 Å². The molecule has 108 valence electrons. The predicted molar refractivity (Wildman–Crippen MR) is 79.9 cm³/mol. The largest absolute Gasteiger partial charge is 0.326 e. The Balaban J connectivity index is 2.73. The Bertz CT molecular complexity index is 220. The molecule has 1 aliphatic heterocycles. The third kappa shape index (κ3) is 4.22. The van der Waals surface area contributed by atoms with Crippen LogP contribution in [0.15, 0.2) is 0 Å². The molecule has 1 saturated heterocycles. The molecule has 18 heavy (non-hydrogen) atoms. The van der Waals surface area contributed by atoms with E-state index in [1.165, 1.54) is 45.3 Å².